The van der Waals surface area contributed by atoms with Crippen LogP contribution in [0.5, 0.6) is 0 Å². The Balaban J connectivity index is 1.84. The molecular formula is C17H25NO2. The Morgan fingerprint density at radius 2 is 2.20 bits per heavy atom. The van der Waals surface area contributed by atoms with Crippen LogP contribution in [0.2, 0.25) is 0 Å². The highest BCUT2D eigenvalue weighted by atomic mass is 16.5. The van der Waals surface area contributed by atoms with Crippen LogP contribution in [0.1, 0.15) is 56.1 Å². The molecule has 0 radical (unpaired) electrons. The predicted molar refractivity (Wildman–Crippen MR) is 79.0 cm³/mol. The lowest BCUT2D eigenvalue weighted by molar-refractivity contribution is 0.0828. The van der Waals surface area contributed by atoms with E-state index in [0.717, 1.165) is 38.0 Å². The van der Waals surface area contributed by atoms with E-state index in [1.807, 2.05) is 6.07 Å². The van der Waals surface area contributed by atoms with Crippen molar-refractivity contribution in [3.63, 3.8) is 0 Å². The number of fused-ring (bicyclic) bond motifs is 1. The maximum absolute atomic E-state index is 12.2. The number of rotatable bonds is 3. The number of ether oxygens (including phenoxy) is 1. The molecule has 0 saturated carbocycles. The van der Waals surface area contributed by atoms with E-state index in [1.165, 1.54) is 5.69 Å². The minimum Gasteiger partial charge on any atom is -0.378 e. The Morgan fingerprint density at radius 3 is 2.95 bits per heavy atom. The molecule has 3 nitrogen and oxygen atoms in total. The van der Waals surface area contributed by atoms with Crippen LogP contribution >= 0.6 is 0 Å². The van der Waals surface area contributed by atoms with Crippen molar-refractivity contribution in [3.8, 4) is 0 Å². The molecule has 0 amide bonds. The maximum atomic E-state index is 12.2. The quantitative estimate of drug-likeness (QED) is 0.846. The second-order valence-electron chi connectivity index (χ2n) is 7.14. The first-order chi connectivity index (χ1) is 9.50. The molecule has 1 aromatic rings. The molecular weight excluding hydrogens is 250 g/mol. The van der Waals surface area contributed by atoms with Crippen LogP contribution < -0.4 is 0 Å². The van der Waals surface area contributed by atoms with E-state index < -0.39 is 0 Å². The van der Waals surface area contributed by atoms with Gasteiger partial charge in [-0.1, -0.05) is 20.8 Å². The monoisotopic (exact) mass is 275 g/mol. The topological polar surface area (TPSA) is 31.2 Å². The molecule has 2 aliphatic rings. The van der Waals surface area contributed by atoms with Crippen molar-refractivity contribution in [1.82, 2.24) is 4.57 Å². The average Bonchev–Trinajstić information content (AvgIpc) is 2.96. The average molecular weight is 275 g/mol. The summed E-state index contributed by atoms with van der Waals surface area (Å²) < 4.78 is 8.10. The van der Waals surface area contributed by atoms with Crippen LogP contribution in [-0.2, 0) is 17.7 Å². The molecule has 1 aliphatic heterocycles. The summed E-state index contributed by atoms with van der Waals surface area (Å²) in [5.41, 5.74) is 2.29. The zero-order valence-electron chi connectivity index (χ0n) is 12.8. The highest BCUT2D eigenvalue weighted by Crippen LogP contribution is 2.36. The molecule has 2 unspecified atom stereocenters. The summed E-state index contributed by atoms with van der Waals surface area (Å²) in [6.45, 7) is 8.46. The standard InChI is InChI=1S/C17H25NO2/c1-4-16-12(6-8-20-16)11-18-7-5-13-14(18)9-17(2,3)10-15(13)19/h5,7,12,16H,4,6,8-11H2,1-3H3. The van der Waals surface area contributed by atoms with Gasteiger partial charge in [0.1, 0.15) is 0 Å². The van der Waals surface area contributed by atoms with Gasteiger partial charge >= 0.3 is 0 Å². The second-order valence-corrected chi connectivity index (χ2v) is 7.14. The van der Waals surface area contributed by atoms with Gasteiger partial charge in [-0.25, -0.2) is 0 Å². The molecule has 0 bridgehead atoms. The van der Waals surface area contributed by atoms with Gasteiger partial charge in [0.15, 0.2) is 5.78 Å². The Hall–Kier alpha value is -1.09. The number of hydrogen-bond donors (Lipinski definition) is 0. The van der Waals surface area contributed by atoms with Crippen molar-refractivity contribution in [3.05, 3.63) is 23.5 Å². The van der Waals surface area contributed by atoms with Gasteiger partial charge < -0.3 is 9.30 Å². The van der Waals surface area contributed by atoms with Crippen LogP contribution in [0.25, 0.3) is 0 Å². The lowest BCUT2D eigenvalue weighted by Gasteiger charge is -2.30. The molecule has 0 spiro atoms. The molecule has 1 aliphatic carbocycles. The molecule has 3 heteroatoms. The van der Waals surface area contributed by atoms with Crippen LogP contribution in [-0.4, -0.2) is 23.1 Å². The number of carbonyl (C=O) groups is 1. The summed E-state index contributed by atoms with van der Waals surface area (Å²) in [5, 5.41) is 0. The fraction of sp³-hybridized carbons (Fsp3) is 0.706. The maximum Gasteiger partial charge on any atom is 0.165 e. The largest absolute Gasteiger partial charge is 0.378 e. The highest BCUT2D eigenvalue weighted by Gasteiger charge is 2.34. The van der Waals surface area contributed by atoms with E-state index in [1.54, 1.807) is 0 Å². The Labute approximate surface area is 121 Å². The molecule has 1 aromatic heterocycles. The van der Waals surface area contributed by atoms with E-state index in [0.29, 0.717) is 24.2 Å². The van der Waals surface area contributed by atoms with Crippen molar-refractivity contribution in [1.29, 1.82) is 0 Å². The van der Waals surface area contributed by atoms with Gasteiger partial charge in [0, 0.05) is 42.9 Å². The van der Waals surface area contributed by atoms with Crippen molar-refractivity contribution in [2.75, 3.05) is 6.61 Å². The van der Waals surface area contributed by atoms with Gasteiger partial charge in [-0.3, -0.25) is 4.79 Å². The summed E-state index contributed by atoms with van der Waals surface area (Å²) in [6, 6.07) is 2.02. The number of aromatic nitrogens is 1. The third-order valence-corrected chi connectivity index (χ3v) is 4.84. The van der Waals surface area contributed by atoms with Crippen molar-refractivity contribution in [2.24, 2.45) is 11.3 Å². The van der Waals surface area contributed by atoms with E-state index in [4.69, 9.17) is 4.74 Å². The van der Waals surface area contributed by atoms with Crippen LogP contribution in [0.4, 0.5) is 0 Å². The third kappa shape index (κ3) is 2.44. The van der Waals surface area contributed by atoms with Crippen molar-refractivity contribution < 1.29 is 9.53 Å². The van der Waals surface area contributed by atoms with Gasteiger partial charge in [-0.05, 0) is 30.7 Å². The number of hydrogen-bond acceptors (Lipinski definition) is 2. The predicted octanol–water partition coefficient (Wildman–Crippen LogP) is 3.46. The van der Waals surface area contributed by atoms with Crippen LogP contribution in [0.15, 0.2) is 12.3 Å². The van der Waals surface area contributed by atoms with E-state index in [9.17, 15) is 4.79 Å². The molecule has 1 fully saturated rings. The zero-order chi connectivity index (χ0) is 14.3. The Morgan fingerprint density at radius 1 is 1.40 bits per heavy atom. The number of ketones is 1. The van der Waals surface area contributed by atoms with Gasteiger partial charge in [0.25, 0.3) is 0 Å². The van der Waals surface area contributed by atoms with E-state index >= 15 is 0 Å². The third-order valence-electron chi connectivity index (χ3n) is 4.84. The van der Waals surface area contributed by atoms with Gasteiger partial charge in [-0.2, -0.15) is 0 Å². The molecule has 2 heterocycles. The highest BCUT2D eigenvalue weighted by molar-refractivity contribution is 5.98. The van der Waals surface area contributed by atoms with Crippen molar-refractivity contribution in [2.45, 2.75) is 59.1 Å². The SMILES string of the molecule is CCC1OCCC1Cn1ccc2c1CC(C)(C)CC2=O. The molecule has 1 saturated heterocycles. The Bertz CT molecular complexity index is 515. The van der Waals surface area contributed by atoms with Crippen molar-refractivity contribution >= 4 is 5.78 Å². The minimum absolute atomic E-state index is 0.0938. The second kappa shape index (κ2) is 5.03. The van der Waals surface area contributed by atoms with Gasteiger partial charge in [0.05, 0.1) is 6.10 Å². The first kappa shape index (κ1) is 13.9. The molecule has 2 atom stereocenters. The summed E-state index contributed by atoms with van der Waals surface area (Å²) in [4.78, 5) is 12.2. The van der Waals surface area contributed by atoms with Crippen LogP contribution in [0.3, 0.4) is 0 Å². The molecule has 20 heavy (non-hydrogen) atoms. The smallest absolute Gasteiger partial charge is 0.165 e. The summed E-state index contributed by atoms with van der Waals surface area (Å²) in [7, 11) is 0. The summed E-state index contributed by atoms with van der Waals surface area (Å²) in [5.74, 6) is 0.904. The summed E-state index contributed by atoms with van der Waals surface area (Å²) >= 11 is 0. The van der Waals surface area contributed by atoms with E-state index in [-0.39, 0.29) is 5.41 Å². The molecule has 3 rings (SSSR count). The minimum atomic E-state index is 0.0938. The Kier molecular flexibility index (Phi) is 3.49. The van der Waals surface area contributed by atoms with Gasteiger partial charge in [0.2, 0.25) is 0 Å². The normalized spacial score (nSPS) is 28.6. The number of Topliss-reactive ketones (excluding diaryl/α,β-unsaturated/α-hetero) is 1. The lowest BCUT2D eigenvalue weighted by atomic mass is 9.76. The summed E-state index contributed by atoms with van der Waals surface area (Å²) in [6.07, 6.45) is 6.40. The van der Waals surface area contributed by atoms with E-state index in [2.05, 4.69) is 31.5 Å². The fourth-order valence-electron chi connectivity index (χ4n) is 3.78. The molecule has 0 aromatic carbocycles. The molecule has 0 N–H and O–H groups in total. The number of carbonyl (C=O) groups excluding carboxylic acids is 1. The molecule has 110 valence electrons. The first-order valence-electron chi connectivity index (χ1n) is 7.83. The number of nitrogens with zero attached hydrogens (tertiary/aromatic N) is 1. The fourth-order valence-corrected chi connectivity index (χ4v) is 3.78. The zero-order valence-corrected chi connectivity index (χ0v) is 12.8. The van der Waals surface area contributed by atoms with Crippen LogP contribution in [0, 0.1) is 11.3 Å². The first-order valence-corrected chi connectivity index (χ1v) is 7.83. The lowest BCUT2D eigenvalue weighted by Crippen LogP contribution is -2.29. The van der Waals surface area contributed by atoms with Gasteiger partial charge in [-0.15, -0.1) is 0 Å².